The van der Waals surface area contributed by atoms with Crippen LogP contribution in [-0.2, 0) is 0 Å². The number of hydrogen-bond acceptors (Lipinski definition) is 2. The molecule has 0 bridgehead atoms. The topological polar surface area (TPSA) is 12.9 Å². The summed E-state index contributed by atoms with van der Waals surface area (Å²) in [6.45, 7) is 9.66. The molecule has 0 saturated heterocycles. The Hall–Kier alpha value is -4.40. The summed E-state index contributed by atoms with van der Waals surface area (Å²) >= 11 is 1.81. The van der Waals surface area contributed by atoms with Crippen molar-refractivity contribution >= 4 is 28.1 Å². The van der Waals surface area contributed by atoms with Crippen LogP contribution in [0.25, 0.3) is 38.6 Å². The van der Waals surface area contributed by atoms with Gasteiger partial charge in [0.1, 0.15) is 5.03 Å². The molecule has 9 rings (SSSR count). The molecular formula is C47H43NS. The van der Waals surface area contributed by atoms with E-state index in [-0.39, 0.29) is 0 Å². The number of aryl methyl sites for hydroxylation is 2. The Morgan fingerprint density at radius 2 is 1.43 bits per heavy atom. The molecule has 242 valence electrons. The van der Waals surface area contributed by atoms with Gasteiger partial charge in [0, 0.05) is 22.4 Å². The summed E-state index contributed by atoms with van der Waals surface area (Å²) < 4.78 is 0. The smallest absolute Gasteiger partial charge is 0.109 e. The lowest BCUT2D eigenvalue weighted by Gasteiger charge is -2.27. The SMILES string of the molecule is Cc1ccccc1C1=C(C2C(C)CCC(c3cccc(-c4ccc5c(c4)Sc4nccc6cccc-5c46)c3)CC2C)C1c1ccccc1C. The molecule has 2 heteroatoms. The van der Waals surface area contributed by atoms with Gasteiger partial charge in [-0.25, -0.2) is 4.98 Å². The minimum Gasteiger partial charge on any atom is -0.249 e. The lowest BCUT2D eigenvalue weighted by Crippen LogP contribution is -2.18. The number of nitrogens with zero attached hydrogens (tertiary/aromatic N) is 1. The lowest BCUT2D eigenvalue weighted by molar-refractivity contribution is 0.305. The Kier molecular flexibility index (Phi) is 7.62. The Balaban J connectivity index is 1.02. The minimum absolute atomic E-state index is 0.452. The summed E-state index contributed by atoms with van der Waals surface area (Å²) in [4.78, 5) is 6.07. The maximum atomic E-state index is 4.77. The normalized spacial score (nSPS) is 22.9. The monoisotopic (exact) mass is 653 g/mol. The van der Waals surface area contributed by atoms with E-state index in [1.807, 2.05) is 18.0 Å². The minimum atomic E-state index is 0.452. The van der Waals surface area contributed by atoms with Crippen molar-refractivity contribution in [2.24, 2.45) is 17.8 Å². The van der Waals surface area contributed by atoms with Crippen molar-refractivity contribution in [3.8, 4) is 22.3 Å². The molecule has 1 aromatic heterocycles. The van der Waals surface area contributed by atoms with Gasteiger partial charge in [-0.2, -0.15) is 0 Å². The Bertz CT molecular complexity index is 2270. The highest BCUT2D eigenvalue weighted by Gasteiger charge is 2.47. The van der Waals surface area contributed by atoms with E-state index >= 15 is 0 Å². The van der Waals surface area contributed by atoms with Crippen LogP contribution in [0.4, 0.5) is 0 Å². The predicted octanol–water partition coefficient (Wildman–Crippen LogP) is 13.1. The van der Waals surface area contributed by atoms with Crippen molar-refractivity contribution in [1.29, 1.82) is 0 Å². The number of hydrogen-bond donors (Lipinski definition) is 0. The zero-order valence-electron chi connectivity index (χ0n) is 28.9. The van der Waals surface area contributed by atoms with E-state index < -0.39 is 0 Å². The molecule has 5 unspecified atom stereocenters. The van der Waals surface area contributed by atoms with Gasteiger partial charge < -0.3 is 0 Å². The van der Waals surface area contributed by atoms with E-state index in [0.29, 0.717) is 29.6 Å². The molecule has 1 nitrogen and oxygen atoms in total. The molecule has 1 aliphatic heterocycles. The largest absolute Gasteiger partial charge is 0.249 e. The van der Waals surface area contributed by atoms with Gasteiger partial charge in [0.05, 0.1) is 0 Å². The van der Waals surface area contributed by atoms with Crippen molar-refractivity contribution in [3.63, 3.8) is 0 Å². The highest BCUT2D eigenvalue weighted by atomic mass is 32.2. The number of allylic oxidation sites excluding steroid dienone is 2. The molecular weight excluding hydrogens is 611 g/mol. The van der Waals surface area contributed by atoms with Crippen molar-refractivity contribution in [2.75, 3.05) is 0 Å². The summed E-state index contributed by atoms with van der Waals surface area (Å²) in [7, 11) is 0. The summed E-state index contributed by atoms with van der Waals surface area (Å²) in [5, 5.41) is 3.66. The third-order valence-corrected chi connectivity index (χ3v) is 13.0. The average molecular weight is 654 g/mol. The van der Waals surface area contributed by atoms with Crippen LogP contribution in [0.3, 0.4) is 0 Å². The first-order valence-corrected chi connectivity index (χ1v) is 18.9. The molecule has 2 heterocycles. The Labute approximate surface area is 295 Å². The van der Waals surface area contributed by atoms with Crippen molar-refractivity contribution in [1.82, 2.24) is 4.98 Å². The molecule has 6 aromatic rings. The molecule has 0 radical (unpaired) electrons. The number of aromatic nitrogens is 1. The van der Waals surface area contributed by atoms with E-state index in [1.165, 1.54) is 85.0 Å². The molecule has 49 heavy (non-hydrogen) atoms. The van der Waals surface area contributed by atoms with Crippen molar-refractivity contribution in [2.45, 2.75) is 68.7 Å². The van der Waals surface area contributed by atoms with Crippen LogP contribution in [0, 0.1) is 31.6 Å². The lowest BCUT2D eigenvalue weighted by atomic mass is 9.77. The van der Waals surface area contributed by atoms with E-state index in [0.717, 1.165) is 5.03 Å². The van der Waals surface area contributed by atoms with Gasteiger partial charge in [-0.1, -0.05) is 129 Å². The molecule has 1 fully saturated rings. The molecule has 0 N–H and O–H groups in total. The molecule has 0 amide bonds. The maximum Gasteiger partial charge on any atom is 0.109 e. The van der Waals surface area contributed by atoms with Crippen LogP contribution < -0.4 is 0 Å². The van der Waals surface area contributed by atoms with Gasteiger partial charge >= 0.3 is 0 Å². The number of fused-ring (bicyclic) bond motifs is 2. The standard InChI is InChI=1S/C47H43NS/c1-28-11-5-7-16-37(28)44-45(38-17-8-6-12-29(38)2)46(44)42-30(3)19-20-35(25-31(42)4)33-14-9-15-34(26-33)36-21-22-39-40-18-10-13-32-23-24-48-47(43(32)40)49-41(39)27-36/h5-18,21-24,26-27,30-31,35,42,44H,19-20,25H2,1-4H3. The molecule has 2 aliphatic carbocycles. The van der Waals surface area contributed by atoms with Crippen LogP contribution in [0.2, 0.25) is 0 Å². The fourth-order valence-electron chi connectivity index (χ4n) is 9.45. The molecule has 1 saturated carbocycles. The van der Waals surface area contributed by atoms with Crippen LogP contribution in [0.15, 0.2) is 137 Å². The quantitative estimate of drug-likeness (QED) is 0.171. The molecule has 0 spiro atoms. The van der Waals surface area contributed by atoms with Gasteiger partial charge in [0.25, 0.3) is 0 Å². The van der Waals surface area contributed by atoms with Crippen LogP contribution in [0.1, 0.15) is 72.8 Å². The summed E-state index contributed by atoms with van der Waals surface area (Å²) in [5.74, 6) is 2.90. The molecule has 5 aromatic carbocycles. The number of pyridine rings is 1. The van der Waals surface area contributed by atoms with Crippen molar-refractivity contribution < 1.29 is 0 Å². The van der Waals surface area contributed by atoms with E-state index in [1.54, 1.807) is 11.1 Å². The fourth-order valence-corrected chi connectivity index (χ4v) is 10.6. The maximum absolute atomic E-state index is 4.77. The molecule has 3 aliphatic rings. The van der Waals surface area contributed by atoms with E-state index in [9.17, 15) is 0 Å². The third-order valence-electron chi connectivity index (χ3n) is 11.9. The van der Waals surface area contributed by atoms with E-state index in [4.69, 9.17) is 4.98 Å². The summed E-state index contributed by atoms with van der Waals surface area (Å²) in [5.41, 5.74) is 15.8. The second-order valence-corrected chi connectivity index (χ2v) is 16.0. The first-order valence-electron chi connectivity index (χ1n) is 18.1. The van der Waals surface area contributed by atoms with Crippen LogP contribution >= 0.6 is 11.8 Å². The van der Waals surface area contributed by atoms with Crippen LogP contribution in [-0.4, -0.2) is 4.98 Å². The zero-order valence-corrected chi connectivity index (χ0v) is 29.7. The second-order valence-electron chi connectivity index (χ2n) is 14.9. The van der Waals surface area contributed by atoms with E-state index in [2.05, 4.69) is 143 Å². The van der Waals surface area contributed by atoms with Gasteiger partial charge in [0.2, 0.25) is 0 Å². The van der Waals surface area contributed by atoms with Gasteiger partial charge in [0.15, 0.2) is 0 Å². The Morgan fingerprint density at radius 1 is 0.653 bits per heavy atom. The van der Waals surface area contributed by atoms with Gasteiger partial charge in [-0.05, 0) is 136 Å². The fraction of sp³-hybridized carbons (Fsp3) is 0.255. The van der Waals surface area contributed by atoms with Gasteiger partial charge in [-0.3, -0.25) is 0 Å². The highest BCUT2D eigenvalue weighted by molar-refractivity contribution is 7.99. The summed E-state index contributed by atoms with van der Waals surface area (Å²) in [6, 6.07) is 43.4. The predicted molar refractivity (Wildman–Crippen MR) is 207 cm³/mol. The number of rotatable bonds is 5. The van der Waals surface area contributed by atoms with Crippen molar-refractivity contribution in [3.05, 3.63) is 155 Å². The number of benzene rings is 5. The first kappa shape index (κ1) is 30.6. The summed E-state index contributed by atoms with van der Waals surface area (Å²) in [6.07, 6.45) is 5.69. The average Bonchev–Trinajstić information content (AvgIpc) is 3.86. The second kappa shape index (κ2) is 12.2. The van der Waals surface area contributed by atoms with Gasteiger partial charge in [-0.15, -0.1) is 0 Å². The molecule has 5 atom stereocenters. The first-order chi connectivity index (χ1) is 24.0. The zero-order chi connectivity index (χ0) is 33.2. The van der Waals surface area contributed by atoms with Crippen LogP contribution in [0.5, 0.6) is 0 Å². The third kappa shape index (κ3) is 5.27. The Morgan fingerprint density at radius 3 is 2.29 bits per heavy atom. The highest BCUT2D eigenvalue weighted by Crippen LogP contribution is 2.62.